The maximum Gasteiger partial charge on any atom is 0.0572 e. The van der Waals surface area contributed by atoms with Crippen molar-refractivity contribution in [2.45, 2.75) is 32.4 Å². The van der Waals surface area contributed by atoms with Crippen LogP contribution in [0.25, 0.3) is 0 Å². The minimum absolute atomic E-state index is 0.0606. The molecule has 0 spiro atoms. The van der Waals surface area contributed by atoms with Crippen molar-refractivity contribution in [3.63, 3.8) is 0 Å². The Kier molecular flexibility index (Phi) is 4.19. The van der Waals surface area contributed by atoms with Crippen LogP contribution in [0.5, 0.6) is 0 Å². The van der Waals surface area contributed by atoms with Gasteiger partial charge in [-0.05, 0) is 32.5 Å². The second kappa shape index (κ2) is 5.67. The second-order valence-electron chi connectivity index (χ2n) is 5.23. The monoisotopic (exact) mass is 248 g/mol. The molecule has 0 radical (unpaired) electrons. The van der Waals surface area contributed by atoms with Gasteiger partial charge >= 0.3 is 0 Å². The van der Waals surface area contributed by atoms with Crippen molar-refractivity contribution in [1.29, 1.82) is 0 Å². The van der Waals surface area contributed by atoms with Crippen molar-refractivity contribution in [3.05, 3.63) is 24.0 Å². The van der Waals surface area contributed by atoms with Gasteiger partial charge in [-0.1, -0.05) is 6.92 Å². The van der Waals surface area contributed by atoms with Crippen LogP contribution in [0.4, 0.5) is 5.69 Å². The summed E-state index contributed by atoms with van der Waals surface area (Å²) < 4.78 is 0. The van der Waals surface area contributed by atoms with Gasteiger partial charge in [0.05, 0.1) is 17.6 Å². The second-order valence-corrected chi connectivity index (χ2v) is 5.23. The minimum atomic E-state index is 0.0606. The summed E-state index contributed by atoms with van der Waals surface area (Å²) in [6.45, 7) is 7.60. The fourth-order valence-electron chi connectivity index (χ4n) is 2.30. The largest absolute Gasteiger partial charge is 0.367 e. The zero-order chi connectivity index (χ0) is 13.1. The molecule has 1 aliphatic heterocycles. The van der Waals surface area contributed by atoms with Crippen molar-refractivity contribution in [1.82, 2.24) is 9.88 Å². The highest BCUT2D eigenvalue weighted by Crippen LogP contribution is 2.19. The maximum absolute atomic E-state index is 5.98. The number of hydrogen-bond donors (Lipinski definition) is 1. The molecule has 2 N–H and O–H groups in total. The van der Waals surface area contributed by atoms with E-state index in [0.717, 1.165) is 31.7 Å². The minimum Gasteiger partial charge on any atom is -0.367 e. The van der Waals surface area contributed by atoms with Crippen molar-refractivity contribution in [3.8, 4) is 0 Å². The van der Waals surface area contributed by atoms with Gasteiger partial charge < -0.3 is 15.5 Å². The third-order valence-electron chi connectivity index (χ3n) is 3.92. The van der Waals surface area contributed by atoms with Crippen LogP contribution < -0.4 is 10.6 Å². The highest BCUT2D eigenvalue weighted by molar-refractivity contribution is 5.45. The average Bonchev–Trinajstić information content (AvgIpc) is 2.41. The van der Waals surface area contributed by atoms with Crippen LogP contribution in [0.2, 0.25) is 0 Å². The number of nitrogens with two attached hydrogens (primary N) is 1. The van der Waals surface area contributed by atoms with E-state index in [0.29, 0.717) is 6.04 Å². The molecule has 1 fully saturated rings. The van der Waals surface area contributed by atoms with Gasteiger partial charge in [0, 0.05) is 31.7 Å². The number of nitrogens with zero attached hydrogens (tertiary/aromatic N) is 3. The van der Waals surface area contributed by atoms with E-state index in [1.165, 1.54) is 5.69 Å². The van der Waals surface area contributed by atoms with Gasteiger partial charge in [0.2, 0.25) is 0 Å². The Labute approximate surface area is 110 Å². The van der Waals surface area contributed by atoms with E-state index in [1.54, 1.807) is 0 Å². The van der Waals surface area contributed by atoms with Gasteiger partial charge in [0.15, 0.2) is 0 Å². The molecule has 0 aliphatic carbocycles. The summed E-state index contributed by atoms with van der Waals surface area (Å²) in [6.07, 6.45) is 2.89. The highest BCUT2D eigenvalue weighted by atomic mass is 15.3. The molecule has 2 rings (SSSR count). The Balaban J connectivity index is 2.06. The number of anilines is 1. The maximum atomic E-state index is 5.98. The average molecular weight is 248 g/mol. The zero-order valence-corrected chi connectivity index (χ0v) is 11.6. The van der Waals surface area contributed by atoms with Gasteiger partial charge in [-0.15, -0.1) is 0 Å². The molecular formula is C14H24N4. The molecule has 1 aliphatic rings. The van der Waals surface area contributed by atoms with Crippen LogP contribution in [0, 0.1) is 0 Å². The Morgan fingerprint density at radius 2 is 2.22 bits per heavy atom. The number of piperazine rings is 1. The van der Waals surface area contributed by atoms with E-state index in [2.05, 4.69) is 47.8 Å². The number of rotatable bonds is 3. The highest BCUT2D eigenvalue weighted by Gasteiger charge is 2.20. The topological polar surface area (TPSA) is 45.4 Å². The van der Waals surface area contributed by atoms with Crippen molar-refractivity contribution in [2.24, 2.45) is 5.73 Å². The molecule has 0 saturated carbocycles. The van der Waals surface area contributed by atoms with E-state index in [9.17, 15) is 0 Å². The van der Waals surface area contributed by atoms with Crippen molar-refractivity contribution >= 4 is 5.69 Å². The lowest BCUT2D eigenvalue weighted by molar-refractivity contribution is 0.234. The molecule has 4 heteroatoms. The molecule has 100 valence electrons. The van der Waals surface area contributed by atoms with Gasteiger partial charge in [0.1, 0.15) is 0 Å². The Hall–Kier alpha value is -1.13. The Bertz CT molecular complexity index is 376. The SMILES string of the molecule is CCC(N)c1ccc(N2CCN(C)C(C)C2)cn1. The predicted molar refractivity (Wildman–Crippen MR) is 75.8 cm³/mol. The van der Waals surface area contributed by atoms with E-state index >= 15 is 0 Å². The number of hydrogen-bond acceptors (Lipinski definition) is 4. The molecule has 4 nitrogen and oxygen atoms in total. The van der Waals surface area contributed by atoms with E-state index in [1.807, 2.05) is 6.20 Å². The fourth-order valence-corrected chi connectivity index (χ4v) is 2.30. The molecule has 1 aromatic heterocycles. The van der Waals surface area contributed by atoms with Crippen LogP contribution in [0.15, 0.2) is 18.3 Å². The summed E-state index contributed by atoms with van der Waals surface area (Å²) in [5, 5.41) is 0. The van der Waals surface area contributed by atoms with E-state index in [4.69, 9.17) is 5.73 Å². The summed E-state index contributed by atoms with van der Waals surface area (Å²) in [5.74, 6) is 0. The quantitative estimate of drug-likeness (QED) is 0.883. The van der Waals surface area contributed by atoms with Crippen molar-refractivity contribution in [2.75, 3.05) is 31.6 Å². The van der Waals surface area contributed by atoms with Crippen LogP contribution in [-0.2, 0) is 0 Å². The lowest BCUT2D eigenvalue weighted by Crippen LogP contribution is -2.50. The van der Waals surface area contributed by atoms with Crippen LogP contribution >= 0.6 is 0 Å². The van der Waals surface area contributed by atoms with Gasteiger partial charge in [-0.3, -0.25) is 4.98 Å². The lowest BCUT2D eigenvalue weighted by atomic mass is 10.1. The number of aromatic nitrogens is 1. The summed E-state index contributed by atoms with van der Waals surface area (Å²) in [5.41, 5.74) is 8.18. The lowest BCUT2D eigenvalue weighted by Gasteiger charge is -2.38. The van der Waals surface area contributed by atoms with Crippen LogP contribution in [-0.4, -0.2) is 42.6 Å². The summed E-state index contributed by atoms with van der Waals surface area (Å²) in [7, 11) is 2.18. The first kappa shape index (κ1) is 13.3. The molecule has 18 heavy (non-hydrogen) atoms. The van der Waals surface area contributed by atoms with Crippen LogP contribution in [0.3, 0.4) is 0 Å². The third kappa shape index (κ3) is 2.82. The molecule has 2 unspecified atom stereocenters. The fraction of sp³-hybridized carbons (Fsp3) is 0.643. The molecule has 2 heterocycles. The molecule has 0 amide bonds. The standard InChI is InChI=1S/C14H24N4/c1-4-13(15)14-6-5-12(9-16-14)18-8-7-17(3)11(2)10-18/h5-6,9,11,13H,4,7-8,10,15H2,1-3H3. The molecule has 0 aromatic carbocycles. The summed E-state index contributed by atoms with van der Waals surface area (Å²) in [6, 6.07) is 4.87. The van der Waals surface area contributed by atoms with Gasteiger partial charge in [-0.2, -0.15) is 0 Å². The Morgan fingerprint density at radius 1 is 1.44 bits per heavy atom. The smallest absolute Gasteiger partial charge is 0.0572 e. The zero-order valence-electron chi connectivity index (χ0n) is 11.6. The molecule has 0 bridgehead atoms. The van der Waals surface area contributed by atoms with Crippen molar-refractivity contribution < 1.29 is 0 Å². The molecule has 1 saturated heterocycles. The third-order valence-corrected chi connectivity index (χ3v) is 3.92. The first-order valence-electron chi connectivity index (χ1n) is 6.78. The predicted octanol–water partition coefficient (Wildman–Crippen LogP) is 1.63. The van der Waals surface area contributed by atoms with Gasteiger partial charge in [-0.25, -0.2) is 0 Å². The normalized spacial score (nSPS) is 23.1. The molecule has 1 aromatic rings. The Morgan fingerprint density at radius 3 is 2.78 bits per heavy atom. The first-order chi connectivity index (χ1) is 8.61. The summed E-state index contributed by atoms with van der Waals surface area (Å²) >= 11 is 0. The van der Waals surface area contributed by atoms with E-state index in [-0.39, 0.29) is 6.04 Å². The van der Waals surface area contributed by atoms with E-state index < -0.39 is 0 Å². The van der Waals surface area contributed by atoms with Gasteiger partial charge in [0.25, 0.3) is 0 Å². The molecular weight excluding hydrogens is 224 g/mol. The summed E-state index contributed by atoms with van der Waals surface area (Å²) in [4.78, 5) is 9.28. The van der Waals surface area contributed by atoms with Crippen LogP contribution in [0.1, 0.15) is 32.0 Å². The number of likely N-dealkylation sites (N-methyl/N-ethyl adjacent to an activating group) is 1. The first-order valence-corrected chi connectivity index (χ1v) is 6.78. The number of pyridine rings is 1. The molecule has 2 atom stereocenters.